The van der Waals surface area contributed by atoms with Crippen LogP contribution in [0.3, 0.4) is 0 Å². The van der Waals surface area contributed by atoms with E-state index in [-0.39, 0.29) is 8.41 Å². The highest BCUT2D eigenvalue weighted by Gasteiger charge is 2.24. The highest BCUT2D eigenvalue weighted by molar-refractivity contribution is 5.75. The van der Waals surface area contributed by atoms with Crippen molar-refractivity contribution in [2.45, 2.75) is 58.8 Å². The zero-order valence-corrected chi connectivity index (χ0v) is 11.7. The van der Waals surface area contributed by atoms with Gasteiger partial charge < -0.3 is 0 Å². The summed E-state index contributed by atoms with van der Waals surface area (Å²) < 4.78 is 0. The van der Waals surface area contributed by atoms with Crippen molar-refractivity contribution in [3.63, 3.8) is 0 Å². The molecule has 0 N–H and O–H groups in total. The predicted octanol–water partition coefficient (Wildman–Crippen LogP) is 4.51. The fourth-order valence-electron chi connectivity index (χ4n) is 3.15. The molecule has 1 aliphatic rings. The summed E-state index contributed by atoms with van der Waals surface area (Å²) in [5, 5.41) is 0. The van der Waals surface area contributed by atoms with Crippen LogP contribution in [0.2, 0.25) is 0 Å². The summed E-state index contributed by atoms with van der Waals surface area (Å²) in [5.74, 6) is 2.24. The van der Waals surface area contributed by atoms with Gasteiger partial charge in [0.15, 0.2) is 0 Å². The first kappa shape index (κ1) is 14.3. The maximum atomic E-state index is 2.37. The van der Waals surface area contributed by atoms with Crippen molar-refractivity contribution in [3.05, 3.63) is 34.9 Å². The van der Waals surface area contributed by atoms with E-state index in [0.29, 0.717) is 5.92 Å². The Balaban J connectivity index is 0.00000144. The van der Waals surface area contributed by atoms with Crippen LogP contribution >= 0.6 is 0 Å². The van der Waals surface area contributed by atoms with Gasteiger partial charge in [-0.1, -0.05) is 45.9 Å². The van der Waals surface area contributed by atoms with Crippen LogP contribution in [0.1, 0.15) is 69.1 Å². The van der Waals surface area contributed by atoms with Gasteiger partial charge in [0.05, 0.1) is 0 Å². The van der Waals surface area contributed by atoms with E-state index in [4.69, 9.17) is 0 Å². The summed E-state index contributed by atoms with van der Waals surface area (Å²) in [7, 11) is 0. The molecule has 0 saturated carbocycles. The van der Waals surface area contributed by atoms with Crippen LogP contribution in [0.25, 0.3) is 0 Å². The Bertz CT molecular complexity index is 366. The number of rotatable bonds is 2. The van der Waals surface area contributed by atoms with Crippen molar-refractivity contribution < 1.29 is 0 Å². The smallest absolute Gasteiger partial charge is 0 e. The molecule has 0 amide bonds. The molecule has 1 heteroatoms. The molecular weight excluding hydrogens is 203 g/mol. The molecule has 0 bridgehead atoms. The Hall–Kier alpha value is -0.715. The van der Waals surface area contributed by atoms with E-state index in [1.54, 1.807) is 16.7 Å². The Morgan fingerprint density at radius 1 is 1.12 bits per heavy atom. The van der Waals surface area contributed by atoms with Gasteiger partial charge in [0.1, 0.15) is 0 Å². The number of hydrogen-bond donors (Lipinski definition) is 0. The van der Waals surface area contributed by atoms with Crippen molar-refractivity contribution in [2.75, 3.05) is 0 Å². The molecule has 0 aliphatic heterocycles. The quantitative estimate of drug-likeness (QED) is 0.652. The average Bonchev–Trinajstić information content (AvgIpc) is 2.27. The first-order valence-electron chi connectivity index (χ1n) is 6.73. The van der Waals surface area contributed by atoms with E-state index in [2.05, 4.69) is 45.9 Å². The second kappa shape index (κ2) is 5.75. The van der Waals surface area contributed by atoms with Gasteiger partial charge in [-0.3, -0.25) is 0 Å². The molecule has 0 heterocycles. The Kier molecular flexibility index (Phi) is 4.85. The van der Waals surface area contributed by atoms with E-state index < -0.39 is 0 Å². The molecule has 1 aliphatic carbocycles. The van der Waals surface area contributed by atoms with Crippen LogP contribution in [0, 0.1) is 5.92 Å². The highest BCUT2D eigenvalue weighted by Crippen LogP contribution is 2.39. The van der Waals surface area contributed by atoms with Crippen molar-refractivity contribution in [1.82, 2.24) is 0 Å². The van der Waals surface area contributed by atoms with Gasteiger partial charge >= 0.3 is 0 Å². The van der Waals surface area contributed by atoms with Crippen LogP contribution < -0.4 is 0 Å². The lowest BCUT2D eigenvalue weighted by atomic mass is 9.74. The Morgan fingerprint density at radius 2 is 1.82 bits per heavy atom. The summed E-state index contributed by atoms with van der Waals surface area (Å²) in [4.78, 5) is 0. The van der Waals surface area contributed by atoms with Crippen LogP contribution in [0.15, 0.2) is 18.2 Å². The summed E-state index contributed by atoms with van der Waals surface area (Å²) >= 11 is 0. The molecule has 1 unspecified atom stereocenters. The minimum Gasteiger partial charge on any atom is -0.0622 e. The SMILES string of the molecule is CC(C)c1cccc2c1CCCC2C(C)C.[B]. The number of fused-ring (bicyclic) bond motifs is 1. The van der Waals surface area contributed by atoms with Crippen LogP contribution in [0.4, 0.5) is 0 Å². The Labute approximate surface area is 108 Å². The molecular formula is C16H24B. The summed E-state index contributed by atoms with van der Waals surface area (Å²) in [6, 6.07) is 6.95. The second-order valence-electron chi connectivity index (χ2n) is 5.81. The predicted molar refractivity (Wildman–Crippen MR) is 76.8 cm³/mol. The average molecular weight is 227 g/mol. The summed E-state index contributed by atoms with van der Waals surface area (Å²) in [5.41, 5.74) is 4.90. The van der Waals surface area contributed by atoms with Crippen LogP contribution in [-0.2, 0) is 6.42 Å². The molecule has 1 aromatic rings. The lowest BCUT2D eigenvalue weighted by molar-refractivity contribution is 0.432. The molecule has 3 radical (unpaired) electrons. The molecule has 0 aromatic heterocycles. The molecule has 1 aromatic carbocycles. The van der Waals surface area contributed by atoms with Gasteiger partial charge in [-0.2, -0.15) is 0 Å². The van der Waals surface area contributed by atoms with Gasteiger partial charge in [-0.05, 0) is 53.7 Å². The van der Waals surface area contributed by atoms with Gasteiger partial charge in [-0.15, -0.1) is 0 Å². The summed E-state index contributed by atoms with van der Waals surface area (Å²) in [6.07, 6.45) is 4.05. The lowest BCUT2D eigenvalue weighted by Crippen LogP contribution is -2.16. The standard InChI is InChI=1S/C16H24.B/c1-11(2)13-7-5-10-16-14(12(3)4)8-6-9-15(13)16;/h5,7,10-12,14H,6,8-9H2,1-4H3;. The number of benzene rings is 1. The fourth-order valence-corrected chi connectivity index (χ4v) is 3.15. The third kappa shape index (κ3) is 2.76. The molecule has 0 fully saturated rings. The highest BCUT2D eigenvalue weighted by atomic mass is 14.3. The first-order chi connectivity index (χ1) is 7.61. The van der Waals surface area contributed by atoms with Gasteiger partial charge in [0.2, 0.25) is 0 Å². The van der Waals surface area contributed by atoms with Crippen LogP contribution in [-0.4, -0.2) is 8.41 Å². The normalized spacial score (nSPS) is 19.1. The molecule has 1 atom stereocenters. The molecule has 17 heavy (non-hydrogen) atoms. The molecule has 0 nitrogen and oxygen atoms in total. The zero-order chi connectivity index (χ0) is 11.7. The minimum atomic E-state index is 0. The van der Waals surface area contributed by atoms with Gasteiger partial charge in [0.25, 0.3) is 0 Å². The van der Waals surface area contributed by atoms with E-state index in [0.717, 1.165) is 11.8 Å². The maximum absolute atomic E-state index is 2.37. The third-order valence-electron chi connectivity index (χ3n) is 4.02. The van der Waals surface area contributed by atoms with E-state index >= 15 is 0 Å². The lowest BCUT2D eigenvalue weighted by Gasteiger charge is -2.31. The largest absolute Gasteiger partial charge is 0.0622 e. The van der Waals surface area contributed by atoms with Crippen molar-refractivity contribution >= 4 is 8.41 Å². The van der Waals surface area contributed by atoms with E-state index in [1.165, 1.54) is 19.3 Å². The van der Waals surface area contributed by atoms with Crippen LogP contribution in [0.5, 0.6) is 0 Å². The summed E-state index contributed by atoms with van der Waals surface area (Å²) in [6.45, 7) is 9.35. The first-order valence-corrected chi connectivity index (χ1v) is 6.73. The third-order valence-corrected chi connectivity index (χ3v) is 4.02. The zero-order valence-electron chi connectivity index (χ0n) is 11.7. The molecule has 91 valence electrons. The topological polar surface area (TPSA) is 0 Å². The molecule has 2 rings (SSSR count). The molecule has 0 spiro atoms. The van der Waals surface area contributed by atoms with Crippen molar-refractivity contribution in [1.29, 1.82) is 0 Å². The fraction of sp³-hybridized carbons (Fsp3) is 0.625. The van der Waals surface area contributed by atoms with E-state index in [1.807, 2.05) is 0 Å². The van der Waals surface area contributed by atoms with Crippen molar-refractivity contribution in [2.24, 2.45) is 5.92 Å². The monoisotopic (exact) mass is 227 g/mol. The van der Waals surface area contributed by atoms with Gasteiger partial charge in [0, 0.05) is 8.41 Å². The second-order valence-corrected chi connectivity index (χ2v) is 5.81. The Morgan fingerprint density at radius 3 is 2.41 bits per heavy atom. The van der Waals surface area contributed by atoms with E-state index in [9.17, 15) is 0 Å². The molecule has 0 saturated heterocycles. The van der Waals surface area contributed by atoms with Gasteiger partial charge in [-0.25, -0.2) is 0 Å². The number of hydrogen-bond acceptors (Lipinski definition) is 0. The van der Waals surface area contributed by atoms with Crippen molar-refractivity contribution in [3.8, 4) is 0 Å². The maximum Gasteiger partial charge on any atom is 0 e. The minimum absolute atomic E-state index is 0.